The lowest BCUT2D eigenvalue weighted by Gasteiger charge is -2.22. The van der Waals surface area contributed by atoms with E-state index in [2.05, 4.69) is 0 Å². The zero-order valence-electron chi connectivity index (χ0n) is 25.3. The van der Waals surface area contributed by atoms with Crippen molar-refractivity contribution in [3.63, 3.8) is 0 Å². The second-order valence-electron chi connectivity index (χ2n) is 10.5. The van der Waals surface area contributed by atoms with Gasteiger partial charge in [-0.1, -0.05) is 54.7 Å². The molecule has 0 unspecified atom stereocenters. The quantitative estimate of drug-likeness (QED) is 0.0652. The lowest BCUT2D eigenvalue weighted by molar-refractivity contribution is -0.137. The first-order chi connectivity index (χ1) is 23.0. The Morgan fingerprint density at radius 2 is 1.82 bits per heavy atom. The Hall–Kier alpha value is -5.02. The fourth-order valence-electron chi connectivity index (χ4n) is 4.85. The van der Waals surface area contributed by atoms with Crippen molar-refractivity contribution in [3.05, 3.63) is 116 Å². The molecule has 1 aromatic heterocycles. The van der Waals surface area contributed by atoms with E-state index in [1.54, 1.807) is 6.08 Å². The number of benzene rings is 2. The molecule has 0 radical (unpaired) electrons. The highest BCUT2D eigenvalue weighted by Gasteiger charge is 2.40. The van der Waals surface area contributed by atoms with Gasteiger partial charge in [0.15, 0.2) is 5.43 Å². The van der Waals surface area contributed by atoms with E-state index < -0.39 is 64.2 Å². The van der Waals surface area contributed by atoms with Crippen LogP contribution in [0.15, 0.2) is 76.0 Å². The topological polar surface area (TPSA) is 123 Å². The van der Waals surface area contributed by atoms with Gasteiger partial charge in [-0.3, -0.25) is 9.59 Å². The Kier molecular flexibility index (Phi) is 11.3. The number of hydrogen-bond donors (Lipinski definition) is 2. The number of phenolic OH excluding ortho intramolecular Hbond substituents is 1. The molecule has 15 heteroatoms. The number of aliphatic hydroxyl groups is 1. The van der Waals surface area contributed by atoms with E-state index in [9.17, 15) is 50.9 Å². The maximum Gasteiger partial charge on any atom is 0.455 e. The molecule has 0 spiro atoms. The maximum absolute atomic E-state index is 13.8. The molecule has 258 valence electrons. The fraction of sp³-hybridized carbons (Fsp3) is 0.235. The summed E-state index contributed by atoms with van der Waals surface area (Å²) in [5, 5.41) is 21.3. The van der Waals surface area contributed by atoms with E-state index >= 15 is 0 Å². The van der Waals surface area contributed by atoms with Gasteiger partial charge >= 0.3 is 18.3 Å². The minimum Gasteiger partial charge on any atom is -0.507 e. The number of fused-ring (bicyclic) bond motifs is 1. The van der Waals surface area contributed by atoms with Crippen LogP contribution in [0.25, 0.3) is 12.2 Å². The number of ketones is 1. The van der Waals surface area contributed by atoms with Crippen LogP contribution in [-0.4, -0.2) is 46.7 Å². The smallest absolute Gasteiger partial charge is 0.455 e. The first kappa shape index (κ1) is 36.8. The average molecular weight is 709 g/mol. The molecule has 0 aliphatic heterocycles. The zero-order chi connectivity index (χ0) is 36.1. The summed E-state index contributed by atoms with van der Waals surface area (Å²) in [5.41, 5.74) is -3.31. The molecule has 8 nitrogen and oxygen atoms in total. The van der Waals surface area contributed by atoms with Crippen LogP contribution in [0.5, 0.6) is 11.5 Å². The van der Waals surface area contributed by atoms with Crippen molar-refractivity contribution in [2.75, 3.05) is 13.7 Å². The standard InChI is InChI=1S/C34H26F6O8S/c1-46-32(45)30-27(29(43)23-13-11-21(49)17-26(23)48-30)24(28(42)18-7-6-8-19(15-18)33(35,36)37)9-4-2-3-5-14-47-20-10-12-22(25(41)16-20)31(44)34(38,39)40/h2-4,6-10,12-13,15-17,24,28,41-42H,5,11,14H2,1H3/b3-2-,9-4+/t24-,28-/m0/s1. The second-order valence-corrected chi connectivity index (χ2v) is 11.0. The maximum atomic E-state index is 13.8. The summed E-state index contributed by atoms with van der Waals surface area (Å²) in [4.78, 5) is 38.4. The van der Waals surface area contributed by atoms with E-state index in [0.717, 1.165) is 43.5 Å². The number of methoxy groups -OCH3 is 1. The first-order valence-corrected chi connectivity index (χ1v) is 14.7. The van der Waals surface area contributed by atoms with Gasteiger partial charge in [0.2, 0.25) is 5.76 Å². The molecule has 3 aromatic rings. The molecule has 2 atom stereocenters. The van der Waals surface area contributed by atoms with E-state index in [1.165, 1.54) is 36.4 Å². The molecule has 2 aromatic carbocycles. The summed E-state index contributed by atoms with van der Waals surface area (Å²) < 4.78 is 94.4. The molecular weight excluding hydrogens is 682 g/mol. The van der Waals surface area contributed by atoms with Gasteiger partial charge in [0.25, 0.3) is 5.78 Å². The molecule has 1 heterocycles. The third-order valence-corrected chi connectivity index (χ3v) is 7.49. The number of aliphatic hydroxyl groups excluding tert-OH is 1. The number of phenols is 1. The van der Waals surface area contributed by atoms with Crippen LogP contribution in [0.1, 0.15) is 62.5 Å². The number of rotatable bonds is 11. The summed E-state index contributed by atoms with van der Waals surface area (Å²) >= 11 is 5.17. The summed E-state index contributed by atoms with van der Waals surface area (Å²) in [5.74, 6) is -6.24. The van der Waals surface area contributed by atoms with E-state index in [0.29, 0.717) is 4.86 Å². The number of carbonyl (C=O) groups excluding carboxylic acids is 2. The monoisotopic (exact) mass is 708 g/mol. The Labute approximate surface area is 278 Å². The van der Waals surface area contributed by atoms with Gasteiger partial charge in [-0.15, -0.1) is 0 Å². The predicted octanol–water partition coefficient (Wildman–Crippen LogP) is 5.63. The highest BCUT2D eigenvalue weighted by molar-refractivity contribution is 7.81. The molecule has 0 saturated heterocycles. The zero-order valence-corrected chi connectivity index (χ0v) is 26.1. The Balaban J connectivity index is 1.64. The Bertz CT molecular complexity index is 2010. The van der Waals surface area contributed by atoms with Crippen LogP contribution in [-0.2, 0) is 10.9 Å². The minimum absolute atomic E-state index is 0.0171. The highest BCUT2D eigenvalue weighted by atomic mass is 32.1. The van der Waals surface area contributed by atoms with Crippen molar-refractivity contribution >= 4 is 41.0 Å². The number of aromatic hydroxyl groups is 1. The molecule has 4 rings (SSSR count). The fourth-order valence-corrected chi connectivity index (χ4v) is 5.04. The third-order valence-electron chi connectivity index (χ3n) is 7.20. The van der Waals surface area contributed by atoms with Crippen molar-refractivity contribution in [2.24, 2.45) is 0 Å². The van der Waals surface area contributed by atoms with Crippen LogP contribution in [0.3, 0.4) is 0 Å². The van der Waals surface area contributed by atoms with Crippen LogP contribution < -0.4 is 20.8 Å². The molecule has 0 amide bonds. The van der Waals surface area contributed by atoms with Gasteiger partial charge in [-0.25, -0.2) is 4.79 Å². The van der Waals surface area contributed by atoms with Gasteiger partial charge in [0.1, 0.15) is 16.9 Å². The van der Waals surface area contributed by atoms with E-state index in [4.69, 9.17) is 26.1 Å². The largest absolute Gasteiger partial charge is 0.507 e. The molecule has 0 fully saturated rings. The number of carbonyl (C=O) groups is 2. The molecule has 1 aliphatic carbocycles. The summed E-state index contributed by atoms with van der Waals surface area (Å²) in [7, 11) is 1.03. The minimum atomic E-state index is -5.17. The molecule has 49 heavy (non-hydrogen) atoms. The number of halogens is 6. The highest BCUT2D eigenvalue weighted by Crippen LogP contribution is 2.36. The molecular formula is C34H26F6O8S. The van der Waals surface area contributed by atoms with Gasteiger partial charge in [0, 0.05) is 23.3 Å². The Morgan fingerprint density at radius 1 is 1.08 bits per heavy atom. The van der Waals surface area contributed by atoms with E-state index in [-0.39, 0.29) is 47.0 Å². The number of Topliss-reactive ketones (excluding diaryl/α,β-unsaturated/α-hetero) is 1. The number of alkyl halides is 6. The van der Waals surface area contributed by atoms with Crippen LogP contribution >= 0.6 is 12.2 Å². The first-order valence-electron chi connectivity index (χ1n) is 14.3. The number of ether oxygens (including phenoxy) is 2. The SMILES string of the molecule is COC(=O)c1oc2c(c(=O)c1[C@H](/C=C/C=C\CCOc1ccc(C(=O)C(F)(F)F)c(O)c1)[C@@H](O)c1cccc(C(F)(F)F)c1)=CCC(=S)C=2. The van der Waals surface area contributed by atoms with Crippen molar-refractivity contribution in [3.8, 4) is 11.5 Å². The summed E-state index contributed by atoms with van der Waals surface area (Å²) in [6, 6.07) is 6.56. The van der Waals surface area contributed by atoms with Gasteiger partial charge in [-0.05, 0) is 42.3 Å². The Morgan fingerprint density at radius 3 is 2.47 bits per heavy atom. The number of hydrogen-bond acceptors (Lipinski definition) is 9. The van der Waals surface area contributed by atoms with Crippen LogP contribution in [0.2, 0.25) is 0 Å². The lowest BCUT2D eigenvalue weighted by atomic mass is 9.86. The van der Waals surface area contributed by atoms with Gasteiger partial charge in [0.05, 0.1) is 41.7 Å². The number of allylic oxidation sites excluding steroid dienone is 2. The average Bonchev–Trinajstić information content (AvgIpc) is 3.04. The third kappa shape index (κ3) is 8.72. The van der Waals surface area contributed by atoms with Crippen molar-refractivity contribution < 1.29 is 60.0 Å². The molecule has 2 N–H and O–H groups in total. The summed E-state index contributed by atoms with van der Waals surface area (Å²) in [6.07, 6.45) is -2.77. The summed E-state index contributed by atoms with van der Waals surface area (Å²) in [6.45, 7) is -0.0400. The molecule has 0 bridgehead atoms. The van der Waals surface area contributed by atoms with E-state index in [1.807, 2.05) is 0 Å². The lowest BCUT2D eigenvalue weighted by Crippen LogP contribution is -2.45. The van der Waals surface area contributed by atoms with Gasteiger partial charge in [-0.2, -0.15) is 26.3 Å². The van der Waals surface area contributed by atoms with Crippen molar-refractivity contribution in [2.45, 2.75) is 37.2 Å². The molecule has 0 saturated carbocycles. The van der Waals surface area contributed by atoms with Crippen LogP contribution in [0.4, 0.5) is 26.3 Å². The normalized spacial score (nSPS) is 14.6. The number of thiocarbonyl (C=S) groups is 1. The van der Waals surface area contributed by atoms with Crippen LogP contribution in [0, 0.1) is 0 Å². The number of esters is 1. The van der Waals surface area contributed by atoms with Crippen molar-refractivity contribution in [1.82, 2.24) is 0 Å². The molecule has 1 aliphatic rings. The predicted molar refractivity (Wildman–Crippen MR) is 168 cm³/mol. The van der Waals surface area contributed by atoms with Gasteiger partial charge < -0.3 is 24.1 Å². The van der Waals surface area contributed by atoms with Crippen molar-refractivity contribution in [1.29, 1.82) is 0 Å². The second kappa shape index (κ2) is 15.0.